The first kappa shape index (κ1) is 15.6. The second kappa shape index (κ2) is 6.80. The molecule has 21 heavy (non-hydrogen) atoms. The smallest absolute Gasteiger partial charge is 0.337 e. The number of likely N-dealkylation sites (tertiary alicyclic amines) is 1. The van der Waals surface area contributed by atoms with Gasteiger partial charge in [-0.25, -0.2) is 9.59 Å². The Kier molecular flexibility index (Phi) is 5.07. The molecular weight excluding hydrogens is 292 g/mol. The summed E-state index contributed by atoms with van der Waals surface area (Å²) in [6, 6.07) is 4.46. The number of hydrogen-bond donors (Lipinski definition) is 2. The maximum Gasteiger partial charge on any atom is 0.337 e. The molecule has 1 fully saturated rings. The number of carbonyl (C=O) groups excluding carboxylic acids is 1. The van der Waals surface area contributed by atoms with Crippen LogP contribution in [0.2, 0.25) is 5.02 Å². The molecule has 2 N–H and O–H groups in total. The summed E-state index contributed by atoms with van der Waals surface area (Å²) >= 11 is 5.90. The van der Waals surface area contributed by atoms with Gasteiger partial charge in [0.25, 0.3) is 0 Å². The van der Waals surface area contributed by atoms with Gasteiger partial charge in [0.05, 0.1) is 10.6 Å². The number of nitrogens with zero attached hydrogens (tertiary/aromatic N) is 1. The highest BCUT2D eigenvalue weighted by atomic mass is 35.5. The lowest BCUT2D eigenvalue weighted by molar-refractivity contribution is 0.0697. The summed E-state index contributed by atoms with van der Waals surface area (Å²) < 4.78 is 0. The molecule has 1 saturated heterocycles. The second-order valence-corrected chi connectivity index (χ2v) is 5.73. The van der Waals surface area contributed by atoms with Crippen molar-refractivity contribution in [3.63, 3.8) is 0 Å². The third-order valence-corrected chi connectivity index (χ3v) is 4.08. The third kappa shape index (κ3) is 3.88. The molecular formula is C15H19ClN2O3. The van der Waals surface area contributed by atoms with E-state index in [1.165, 1.54) is 12.1 Å². The lowest BCUT2D eigenvalue weighted by Crippen LogP contribution is -2.41. The number of carboxylic acid groups (broad SMARTS) is 1. The van der Waals surface area contributed by atoms with E-state index >= 15 is 0 Å². The predicted octanol–water partition coefficient (Wildman–Crippen LogP) is 3.83. The van der Waals surface area contributed by atoms with Crippen LogP contribution in [-0.2, 0) is 0 Å². The standard InChI is InChI=1S/C15H19ClN2O3/c1-10-5-3-2-4-8-18(10)15(21)17-11-6-7-12(14(19)20)13(16)9-11/h6-7,9-10H,2-5,8H2,1H3,(H,17,21)(H,19,20). The molecule has 0 aromatic heterocycles. The molecule has 1 aromatic carbocycles. The molecule has 1 unspecified atom stereocenters. The Balaban J connectivity index is 2.08. The zero-order chi connectivity index (χ0) is 15.4. The first-order valence-corrected chi connectivity index (χ1v) is 7.47. The van der Waals surface area contributed by atoms with Gasteiger partial charge in [0, 0.05) is 18.3 Å². The maximum atomic E-state index is 12.3. The molecule has 1 aliphatic rings. The highest BCUT2D eigenvalue weighted by Gasteiger charge is 2.22. The van der Waals surface area contributed by atoms with Crippen LogP contribution in [0.3, 0.4) is 0 Å². The fourth-order valence-electron chi connectivity index (χ4n) is 2.54. The number of nitrogens with one attached hydrogen (secondary N) is 1. The fraction of sp³-hybridized carbons (Fsp3) is 0.467. The Morgan fingerprint density at radius 3 is 2.76 bits per heavy atom. The summed E-state index contributed by atoms with van der Waals surface area (Å²) in [6.07, 6.45) is 4.31. The molecule has 0 radical (unpaired) electrons. The molecule has 0 bridgehead atoms. The van der Waals surface area contributed by atoms with Crippen LogP contribution in [0.5, 0.6) is 0 Å². The van der Waals surface area contributed by atoms with Crippen LogP contribution in [0.1, 0.15) is 43.0 Å². The summed E-state index contributed by atoms with van der Waals surface area (Å²) in [5.74, 6) is -1.08. The molecule has 5 nitrogen and oxygen atoms in total. The van der Waals surface area contributed by atoms with E-state index in [0.29, 0.717) is 5.69 Å². The van der Waals surface area contributed by atoms with Gasteiger partial charge in [-0.15, -0.1) is 0 Å². The van der Waals surface area contributed by atoms with Crippen LogP contribution < -0.4 is 5.32 Å². The first-order valence-electron chi connectivity index (χ1n) is 7.09. The van der Waals surface area contributed by atoms with Crippen molar-refractivity contribution in [1.29, 1.82) is 0 Å². The summed E-state index contributed by atoms with van der Waals surface area (Å²) in [5.41, 5.74) is 0.532. The zero-order valence-electron chi connectivity index (χ0n) is 11.9. The lowest BCUT2D eigenvalue weighted by Gasteiger charge is -2.27. The van der Waals surface area contributed by atoms with Gasteiger partial charge in [-0.1, -0.05) is 24.4 Å². The number of benzene rings is 1. The molecule has 2 rings (SSSR count). The van der Waals surface area contributed by atoms with E-state index in [-0.39, 0.29) is 22.7 Å². The van der Waals surface area contributed by atoms with Crippen molar-refractivity contribution in [2.45, 2.75) is 38.6 Å². The normalized spacial score (nSPS) is 19.0. The quantitative estimate of drug-likeness (QED) is 0.872. The van der Waals surface area contributed by atoms with Gasteiger partial charge in [0.15, 0.2) is 0 Å². The van der Waals surface area contributed by atoms with Crippen LogP contribution in [0.25, 0.3) is 0 Å². The first-order chi connectivity index (χ1) is 9.99. The number of rotatable bonds is 2. The van der Waals surface area contributed by atoms with Crippen LogP contribution in [0.4, 0.5) is 10.5 Å². The molecule has 6 heteroatoms. The van der Waals surface area contributed by atoms with E-state index < -0.39 is 5.97 Å². The number of anilines is 1. The third-order valence-electron chi connectivity index (χ3n) is 3.76. The summed E-state index contributed by atoms with van der Waals surface area (Å²) in [7, 11) is 0. The minimum atomic E-state index is -1.08. The lowest BCUT2D eigenvalue weighted by atomic mass is 10.1. The monoisotopic (exact) mass is 310 g/mol. The molecule has 2 amide bonds. The minimum absolute atomic E-state index is 0.0257. The minimum Gasteiger partial charge on any atom is -0.478 e. The van der Waals surface area contributed by atoms with Gasteiger partial charge in [0.2, 0.25) is 0 Å². The van der Waals surface area contributed by atoms with Crippen molar-refractivity contribution >= 4 is 29.3 Å². The number of hydrogen-bond acceptors (Lipinski definition) is 2. The largest absolute Gasteiger partial charge is 0.478 e. The number of carbonyl (C=O) groups is 2. The van der Waals surface area contributed by atoms with Crippen molar-refractivity contribution in [2.75, 3.05) is 11.9 Å². The molecule has 1 heterocycles. The van der Waals surface area contributed by atoms with Gasteiger partial charge in [-0.3, -0.25) is 0 Å². The number of aromatic carboxylic acids is 1. The second-order valence-electron chi connectivity index (χ2n) is 5.32. The Morgan fingerprint density at radius 2 is 2.10 bits per heavy atom. The number of halogens is 1. The molecule has 1 aliphatic heterocycles. The molecule has 0 aliphatic carbocycles. The highest BCUT2D eigenvalue weighted by Crippen LogP contribution is 2.22. The SMILES string of the molecule is CC1CCCCCN1C(=O)Nc1ccc(C(=O)O)c(Cl)c1. The van der Waals surface area contributed by atoms with Gasteiger partial charge in [0.1, 0.15) is 0 Å². The number of amides is 2. The molecule has 0 spiro atoms. The topological polar surface area (TPSA) is 69.6 Å². The van der Waals surface area contributed by atoms with E-state index in [1.807, 2.05) is 11.8 Å². The van der Waals surface area contributed by atoms with Crippen molar-refractivity contribution in [1.82, 2.24) is 4.90 Å². The average Bonchev–Trinajstić information content (AvgIpc) is 2.63. The number of urea groups is 1. The molecule has 1 atom stereocenters. The fourth-order valence-corrected chi connectivity index (χ4v) is 2.80. The van der Waals surface area contributed by atoms with Crippen molar-refractivity contribution in [3.8, 4) is 0 Å². The Morgan fingerprint density at radius 1 is 1.33 bits per heavy atom. The zero-order valence-corrected chi connectivity index (χ0v) is 12.7. The molecule has 0 saturated carbocycles. The van der Waals surface area contributed by atoms with E-state index in [2.05, 4.69) is 5.32 Å². The Labute approximate surface area is 128 Å². The van der Waals surface area contributed by atoms with Crippen LogP contribution in [-0.4, -0.2) is 34.6 Å². The van der Waals surface area contributed by atoms with Gasteiger partial charge >= 0.3 is 12.0 Å². The number of carboxylic acids is 1. The van der Waals surface area contributed by atoms with E-state index in [4.69, 9.17) is 16.7 Å². The molecule has 1 aromatic rings. The van der Waals surface area contributed by atoms with Crippen LogP contribution in [0, 0.1) is 0 Å². The average molecular weight is 311 g/mol. The van der Waals surface area contributed by atoms with Gasteiger partial charge < -0.3 is 15.3 Å². The van der Waals surface area contributed by atoms with Gasteiger partial charge in [-0.05, 0) is 38.0 Å². The Bertz CT molecular complexity index is 548. The predicted molar refractivity (Wildman–Crippen MR) is 82.1 cm³/mol. The summed E-state index contributed by atoms with van der Waals surface area (Å²) in [4.78, 5) is 25.0. The van der Waals surface area contributed by atoms with Crippen molar-refractivity contribution in [3.05, 3.63) is 28.8 Å². The molecule has 114 valence electrons. The van der Waals surface area contributed by atoms with E-state index in [0.717, 1.165) is 32.2 Å². The summed E-state index contributed by atoms with van der Waals surface area (Å²) in [6.45, 7) is 2.79. The maximum absolute atomic E-state index is 12.3. The van der Waals surface area contributed by atoms with Crippen LogP contribution >= 0.6 is 11.6 Å². The van der Waals surface area contributed by atoms with Gasteiger partial charge in [-0.2, -0.15) is 0 Å². The van der Waals surface area contributed by atoms with Crippen LogP contribution in [0.15, 0.2) is 18.2 Å². The van der Waals surface area contributed by atoms with E-state index in [9.17, 15) is 9.59 Å². The van der Waals surface area contributed by atoms with E-state index in [1.54, 1.807) is 6.07 Å². The van der Waals surface area contributed by atoms with Crippen molar-refractivity contribution in [2.24, 2.45) is 0 Å². The van der Waals surface area contributed by atoms with Crippen molar-refractivity contribution < 1.29 is 14.7 Å². The summed E-state index contributed by atoms with van der Waals surface area (Å²) in [5, 5.41) is 11.8. The Hall–Kier alpha value is -1.75. The highest BCUT2D eigenvalue weighted by molar-refractivity contribution is 6.33.